The first-order valence-electron chi connectivity index (χ1n) is 44.3. The van der Waals surface area contributed by atoms with E-state index in [1.807, 2.05) is 0 Å². The average Bonchev–Trinajstić information content (AvgIpc) is 0.907. The van der Waals surface area contributed by atoms with Crippen LogP contribution in [0.1, 0.15) is 447 Å². The van der Waals surface area contributed by atoms with Crippen molar-refractivity contribution in [1.29, 1.82) is 0 Å². The standard InChI is InChI=1S/C86H168O17P2/c1-9-78(7)64-56-48-40-32-26-22-18-13-11-12-14-20-24-28-34-44-52-60-68-85(90)102-81(72-96-83(88)66-58-50-42-33-27-23-19-16-15-17-21-25-30-38-46-54-62-76(3)4)74-100-104(92,93)98-70-80(87)71-99-105(94,95)101-75-82(103-86(91)69-61-53-45-35-29-31-39-47-55-63-77(5)6)73-97-84(89)67-59-51-43-37-36-41-49-57-65-79(8)10-2/h76-82,87H,9-75H2,1-8H3,(H,92,93)(H,94,95)/t78?,79?,80-,81-,82-/m1/s1. The van der Waals surface area contributed by atoms with Crippen LogP contribution in [0.15, 0.2) is 0 Å². The molecular formula is C86H168O17P2. The van der Waals surface area contributed by atoms with Gasteiger partial charge in [-0.25, -0.2) is 9.13 Å². The Balaban J connectivity index is 5.23. The molecule has 105 heavy (non-hydrogen) atoms. The van der Waals surface area contributed by atoms with Crippen molar-refractivity contribution in [2.75, 3.05) is 39.6 Å². The molecule has 0 radical (unpaired) electrons. The maximum absolute atomic E-state index is 13.1. The van der Waals surface area contributed by atoms with E-state index < -0.39 is 97.5 Å². The molecule has 17 nitrogen and oxygen atoms in total. The summed E-state index contributed by atoms with van der Waals surface area (Å²) in [5.74, 6) is 1.09. The van der Waals surface area contributed by atoms with E-state index >= 15 is 0 Å². The van der Waals surface area contributed by atoms with Crippen LogP contribution >= 0.6 is 15.6 Å². The fraction of sp³-hybridized carbons (Fsp3) is 0.953. The second-order valence-electron chi connectivity index (χ2n) is 32.4. The molecule has 19 heteroatoms. The number of phosphoric acid groups is 2. The minimum Gasteiger partial charge on any atom is -0.462 e. The molecule has 4 unspecified atom stereocenters. The van der Waals surface area contributed by atoms with Crippen LogP contribution in [-0.2, 0) is 65.4 Å². The zero-order chi connectivity index (χ0) is 77.4. The van der Waals surface area contributed by atoms with Crippen LogP contribution in [0.3, 0.4) is 0 Å². The van der Waals surface area contributed by atoms with E-state index in [0.29, 0.717) is 25.7 Å². The van der Waals surface area contributed by atoms with Crippen molar-refractivity contribution in [2.45, 2.75) is 465 Å². The molecule has 0 bridgehead atoms. The van der Waals surface area contributed by atoms with Gasteiger partial charge in [0.05, 0.1) is 26.4 Å². The van der Waals surface area contributed by atoms with Crippen molar-refractivity contribution < 1.29 is 80.2 Å². The Hall–Kier alpha value is -1.94. The van der Waals surface area contributed by atoms with Gasteiger partial charge in [-0.3, -0.25) is 37.3 Å². The third-order valence-corrected chi connectivity index (χ3v) is 22.7. The molecule has 7 atom stereocenters. The molecule has 0 amide bonds. The van der Waals surface area contributed by atoms with Crippen molar-refractivity contribution in [2.24, 2.45) is 23.7 Å². The van der Waals surface area contributed by atoms with Gasteiger partial charge in [0.2, 0.25) is 0 Å². The normalized spacial score (nSPS) is 14.4. The van der Waals surface area contributed by atoms with Crippen molar-refractivity contribution in [3.63, 3.8) is 0 Å². The van der Waals surface area contributed by atoms with E-state index in [4.69, 9.17) is 37.0 Å². The molecular weight excluding hydrogens is 1370 g/mol. The van der Waals surface area contributed by atoms with Gasteiger partial charge in [0.1, 0.15) is 19.3 Å². The first-order valence-corrected chi connectivity index (χ1v) is 47.3. The second-order valence-corrected chi connectivity index (χ2v) is 35.3. The molecule has 0 saturated heterocycles. The summed E-state index contributed by atoms with van der Waals surface area (Å²) in [5, 5.41) is 10.7. The van der Waals surface area contributed by atoms with Gasteiger partial charge in [-0.05, 0) is 49.4 Å². The van der Waals surface area contributed by atoms with E-state index in [9.17, 15) is 43.2 Å². The van der Waals surface area contributed by atoms with Crippen LogP contribution in [0.5, 0.6) is 0 Å². The van der Waals surface area contributed by atoms with E-state index in [1.54, 1.807) is 0 Å². The molecule has 3 N–H and O–H groups in total. The fourth-order valence-corrected chi connectivity index (χ4v) is 14.8. The van der Waals surface area contributed by atoms with Gasteiger partial charge in [-0.1, -0.05) is 396 Å². The predicted octanol–water partition coefficient (Wildman–Crippen LogP) is 25.9. The van der Waals surface area contributed by atoms with Gasteiger partial charge in [-0.2, -0.15) is 0 Å². The minimum absolute atomic E-state index is 0.105. The maximum Gasteiger partial charge on any atom is 0.472 e. The number of hydrogen-bond donors (Lipinski definition) is 3. The Morgan fingerprint density at radius 1 is 0.267 bits per heavy atom. The number of rotatable bonds is 83. The van der Waals surface area contributed by atoms with Crippen molar-refractivity contribution >= 4 is 39.5 Å². The van der Waals surface area contributed by atoms with Crippen LogP contribution in [0.25, 0.3) is 0 Å². The van der Waals surface area contributed by atoms with Crippen molar-refractivity contribution in [1.82, 2.24) is 0 Å². The third kappa shape index (κ3) is 77.2. The number of aliphatic hydroxyl groups excluding tert-OH is 1. The highest BCUT2D eigenvalue weighted by Gasteiger charge is 2.31. The van der Waals surface area contributed by atoms with Gasteiger partial charge in [-0.15, -0.1) is 0 Å². The van der Waals surface area contributed by atoms with Crippen LogP contribution in [0, 0.1) is 23.7 Å². The van der Waals surface area contributed by atoms with E-state index in [1.165, 1.54) is 250 Å². The van der Waals surface area contributed by atoms with Gasteiger partial charge in [0, 0.05) is 25.7 Å². The molecule has 0 aliphatic heterocycles. The summed E-state index contributed by atoms with van der Waals surface area (Å²) in [6, 6.07) is 0. The molecule has 0 saturated carbocycles. The molecule has 0 spiro atoms. The fourth-order valence-electron chi connectivity index (χ4n) is 13.3. The molecule has 0 aliphatic carbocycles. The van der Waals surface area contributed by atoms with Gasteiger partial charge in [0.15, 0.2) is 12.2 Å². The number of unbranched alkanes of at least 4 members (excludes halogenated alkanes) is 47. The predicted molar refractivity (Wildman–Crippen MR) is 432 cm³/mol. The number of carbonyl (C=O) groups excluding carboxylic acids is 4. The zero-order valence-corrected chi connectivity index (χ0v) is 71.2. The van der Waals surface area contributed by atoms with Crippen LogP contribution in [-0.4, -0.2) is 96.7 Å². The molecule has 0 aromatic rings. The smallest absolute Gasteiger partial charge is 0.462 e. The molecule has 0 rings (SSSR count). The summed E-state index contributed by atoms with van der Waals surface area (Å²) in [6.45, 7) is 14.4. The zero-order valence-electron chi connectivity index (χ0n) is 69.4. The number of hydrogen-bond acceptors (Lipinski definition) is 15. The summed E-state index contributed by atoms with van der Waals surface area (Å²) in [7, 11) is -9.93. The lowest BCUT2D eigenvalue weighted by Gasteiger charge is -2.21. The van der Waals surface area contributed by atoms with E-state index in [2.05, 4.69) is 55.4 Å². The largest absolute Gasteiger partial charge is 0.472 e. The van der Waals surface area contributed by atoms with Crippen LogP contribution < -0.4 is 0 Å². The average molecular weight is 1540 g/mol. The highest BCUT2D eigenvalue weighted by molar-refractivity contribution is 7.47. The molecule has 0 aliphatic rings. The Labute approximate surface area is 645 Å². The molecule has 0 fully saturated rings. The number of ether oxygens (including phenoxy) is 4. The van der Waals surface area contributed by atoms with Crippen molar-refractivity contribution in [3.05, 3.63) is 0 Å². The Kier molecular flexibility index (Phi) is 73.4. The Bertz CT molecular complexity index is 2050. The molecule has 0 aromatic heterocycles. The Morgan fingerprint density at radius 2 is 0.457 bits per heavy atom. The summed E-state index contributed by atoms with van der Waals surface area (Å²) in [5.41, 5.74) is 0. The first kappa shape index (κ1) is 103. The molecule has 0 aromatic carbocycles. The summed E-state index contributed by atoms with van der Waals surface area (Å²) in [4.78, 5) is 73.2. The highest BCUT2D eigenvalue weighted by atomic mass is 31.2. The summed E-state index contributed by atoms with van der Waals surface area (Å²) < 4.78 is 68.9. The van der Waals surface area contributed by atoms with Crippen LogP contribution in [0.2, 0.25) is 0 Å². The highest BCUT2D eigenvalue weighted by Crippen LogP contribution is 2.45. The quantitative estimate of drug-likeness (QED) is 0.0222. The maximum atomic E-state index is 13.1. The van der Waals surface area contributed by atoms with Gasteiger partial charge >= 0.3 is 39.5 Å². The lowest BCUT2D eigenvalue weighted by molar-refractivity contribution is -0.161. The van der Waals surface area contributed by atoms with Crippen LogP contribution in [0.4, 0.5) is 0 Å². The summed E-state index contributed by atoms with van der Waals surface area (Å²) >= 11 is 0. The lowest BCUT2D eigenvalue weighted by atomic mass is 9.99. The van der Waals surface area contributed by atoms with E-state index in [0.717, 1.165) is 114 Å². The van der Waals surface area contributed by atoms with Gasteiger partial charge in [0.25, 0.3) is 0 Å². The second kappa shape index (κ2) is 74.8. The van der Waals surface area contributed by atoms with E-state index in [-0.39, 0.29) is 25.7 Å². The first-order chi connectivity index (χ1) is 50.7. The Morgan fingerprint density at radius 3 is 0.676 bits per heavy atom. The SMILES string of the molecule is CCC(C)CCCCCCCCCCCCCCCCCCCCC(=O)O[C@H](COC(=O)CCCCCCCCCCCCCCCCCCC(C)C)COP(=O)(O)OC[C@@H](O)COP(=O)(O)OC[C@@H](COC(=O)CCCCCCCCCCC(C)CC)OC(=O)CCCCCCCCCCCC(C)C. The third-order valence-electron chi connectivity index (χ3n) is 20.8. The minimum atomic E-state index is -4.97. The van der Waals surface area contributed by atoms with Gasteiger partial charge < -0.3 is 33.8 Å². The monoisotopic (exact) mass is 1540 g/mol. The number of carbonyl (C=O) groups is 4. The lowest BCUT2D eigenvalue weighted by Crippen LogP contribution is -2.30. The van der Waals surface area contributed by atoms with Crippen molar-refractivity contribution in [3.8, 4) is 0 Å². The summed E-state index contributed by atoms with van der Waals surface area (Å²) in [6.07, 6.45) is 63.9. The molecule has 624 valence electrons. The molecule has 0 heterocycles. The number of phosphoric ester groups is 2. The number of esters is 4. The topological polar surface area (TPSA) is 237 Å². The number of aliphatic hydroxyl groups is 1.